The average Bonchev–Trinajstić information content (AvgIpc) is 2.70. The Kier molecular flexibility index (Phi) is 3.62. The zero-order chi connectivity index (χ0) is 11.6. The van der Waals surface area contributed by atoms with Crippen LogP contribution in [0.4, 0.5) is 0 Å². The summed E-state index contributed by atoms with van der Waals surface area (Å²) < 4.78 is 0. The average molecular weight is 239 g/mol. The van der Waals surface area contributed by atoms with Gasteiger partial charge in [-0.1, -0.05) is 20.8 Å². The van der Waals surface area contributed by atoms with Crippen LogP contribution in [0.25, 0.3) is 0 Å². The quantitative estimate of drug-likeness (QED) is 0.855. The summed E-state index contributed by atoms with van der Waals surface area (Å²) >= 11 is 1.75. The molecule has 1 aromatic heterocycles. The lowest BCUT2D eigenvalue weighted by Gasteiger charge is -2.40. The van der Waals surface area contributed by atoms with Crippen molar-refractivity contribution in [2.75, 3.05) is 19.6 Å². The molecule has 1 aliphatic rings. The minimum atomic E-state index is 0.340. The van der Waals surface area contributed by atoms with Crippen molar-refractivity contribution in [2.24, 2.45) is 5.41 Å². The molecule has 1 N–H and O–H groups in total. The van der Waals surface area contributed by atoms with Crippen LogP contribution in [0.2, 0.25) is 0 Å². The molecule has 3 nitrogen and oxygen atoms in total. The molecule has 1 fully saturated rings. The van der Waals surface area contributed by atoms with Crippen LogP contribution < -0.4 is 5.32 Å². The summed E-state index contributed by atoms with van der Waals surface area (Å²) in [6.45, 7) is 11.4. The van der Waals surface area contributed by atoms with Crippen molar-refractivity contribution in [3.05, 3.63) is 16.6 Å². The van der Waals surface area contributed by atoms with Crippen LogP contribution in [0.3, 0.4) is 0 Å². The van der Waals surface area contributed by atoms with Gasteiger partial charge < -0.3 is 5.32 Å². The molecular weight excluding hydrogens is 218 g/mol. The molecule has 0 aliphatic carbocycles. The van der Waals surface area contributed by atoms with E-state index in [1.165, 1.54) is 4.88 Å². The van der Waals surface area contributed by atoms with E-state index >= 15 is 0 Å². The second-order valence-corrected chi connectivity index (χ2v) is 6.55. The number of hydrogen-bond donors (Lipinski definition) is 1. The molecular formula is C12H21N3S. The van der Waals surface area contributed by atoms with Crippen LogP contribution in [-0.4, -0.2) is 35.6 Å². The summed E-state index contributed by atoms with van der Waals surface area (Å²) in [6.07, 6.45) is 1.98. The van der Waals surface area contributed by atoms with Crippen molar-refractivity contribution in [2.45, 2.75) is 33.4 Å². The highest BCUT2D eigenvalue weighted by Gasteiger charge is 2.29. The van der Waals surface area contributed by atoms with E-state index in [1.807, 2.05) is 11.7 Å². The normalized spacial score (nSPS) is 23.6. The van der Waals surface area contributed by atoms with E-state index in [9.17, 15) is 0 Å². The lowest BCUT2D eigenvalue weighted by Crippen LogP contribution is -2.55. The first-order chi connectivity index (χ1) is 7.55. The Morgan fingerprint density at radius 3 is 3.00 bits per heavy atom. The van der Waals surface area contributed by atoms with Crippen molar-refractivity contribution in [1.29, 1.82) is 0 Å². The van der Waals surface area contributed by atoms with Gasteiger partial charge in [-0.2, -0.15) is 0 Å². The summed E-state index contributed by atoms with van der Waals surface area (Å²) in [5, 5.41) is 3.61. The zero-order valence-corrected chi connectivity index (χ0v) is 11.2. The van der Waals surface area contributed by atoms with Crippen LogP contribution in [0.1, 0.15) is 25.6 Å². The highest BCUT2D eigenvalue weighted by atomic mass is 32.1. The van der Waals surface area contributed by atoms with E-state index in [-0.39, 0.29) is 0 Å². The Bertz CT molecular complexity index is 316. The maximum atomic E-state index is 4.13. The van der Waals surface area contributed by atoms with Gasteiger partial charge in [0.2, 0.25) is 0 Å². The molecule has 0 saturated carbocycles. The first kappa shape index (κ1) is 12.0. The summed E-state index contributed by atoms with van der Waals surface area (Å²) in [7, 11) is 0. The number of aromatic nitrogens is 1. The SMILES string of the molecule is CC(C)(C)C1CN(Cc2cncs2)CCN1. The molecule has 1 saturated heterocycles. The van der Waals surface area contributed by atoms with E-state index in [1.54, 1.807) is 11.3 Å². The Labute approximate surface area is 102 Å². The molecule has 4 heteroatoms. The molecule has 2 rings (SSSR count). The number of nitrogens with one attached hydrogen (secondary N) is 1. The van der Waals surface area contributed by atoms with E-state index in [0.29, 0.717) is 11.5 Å². The summed E-state index contributed by atoms with van der Waals surface area (Å²) in [4.78, 5) is 8.03. The highest BCUT2D eigenvalue weighted by molar-refractivity contribution is 7.09. The van der Waals surface area contributed by atoms with Gasteiger partial charge in [0.15, 0.2) is 0 Å². The molecule has 1 unspecified atom stereocenters. The minimum absolute atomic E-state index is 0.340. The fraction of sp³-hybridized carbons (Fsp3) is 0.750. The van der Waals surface area contributed by atoms with Gasteiger partial charge in [0, 0.05) is 43.3 Å². The van der Waals surface area contributed by atoms with Gasteiger partial charge in [-0.25, -0.2) is 0 Å². The summed E-state index contributed by atoms with van der Waals surface area (Å²) in [5.74, 6) is 0. The molecule has 1 aromatic rings. The number of nitrogens with zero attached hydrogens (tertiary/aromatic N) is 2. The number of hydrogen-bond acceptors (Lipinski definition) is 4. The van der Waals surface area contributed by atoms with Gasteiger partial charge in [0.1, 0.15) is 0 Å². The van der Waals surface area contributed by atoms with Gasteiger partial charge in [-0.3, -0.25) is 9.88 Å². The Morgan fingerprint density at radius 2 is 2.38 bits per heavy atom. The predicted molar refractivity (Wildman–Crippen MR) is 68.6 cm³/mol. The molecule has 0 radical (unpaired) electrons. The van der Waals surface area contributed by atoms with Crippen molar-refractivity contribution in [1.82, 2.24) is 15.2 Å². The van der Waals surface area contributed by atoms with Gasteiger partial charge in [0.05, 0.1) is 5.51 Å². The Morgan fingerprint density at radius 1 is 1.56 bits per heavy atom. The van der Waals surface area contributed by atoms with Crippen molar-refractivity contribution in [3.63, 3.8) is 0 Å². The van der Waals surface area contributed by atoms with Gasteiger partial charge in [-0.15, -0.1) is 11.3 Å². The topological polar surface area (TPSA) is 28.2 Å². The van der Waals surface area contributed by atoms with E-state index < -0.39 is 0 Å². The van der Waals surface area contributed by atoms with Crippen LogP contribution >= 0.6 is 11.3 Å². The molecule has 1 atom stereocenters. The largest absolute Gasteiger partial charge is 0.311 e. The molecule has 1 aliphatic heterocycles. The smallest absolute Gasteiger partial charge is 0.0794 e. The van der Waals surface area contributed by atoms with Crippen molar-refractivity contribution in [3.8, 4) is 0 Å². The van der Waals surface area contributed by atoms with Gasteiger partial charge in [-0.05, 0) is 5.41 Å². The Hall–Kier alpha value is -0.450. The van der Waals surface area contributed by atoms with E-state index in [0.717, 1.165) is 26.2 Å². The first-order valence-corrected chi connectivity index (χ1v) is 6.77. The second-order valence-electron chi connectivity index (χ2n) is 5.58. The summed E-state index contributed by atoms with van der Waals surface area (Å²) in [6, 6.07) is 0.592. The maximum absolute atomic E-state index is 4.13. The van der Waals surface area contributed by atoms with Gasteiger partial charge in [0.25, 0.3) is 0 Å². The standard InChI is InChI=1S/C12H21N3S/c1-12(2,3)11-8-15(5-4-14-11)7-10-6-13-9-16-10/h6,9,11,14H,4-5,7-8H2,1-3H3. The number of thiazole rings is 1. The number of rotatable bonds is 2. The monoisotopic (exact) mass is 239 g/mol. The molecule has 0 bridgehead atoms. The summed E-state index contributed by atoms with van der Waals surface area (Å²) in [5.41, 5.74) is 2.26. The maximum Gasteiger partial charge on any atom is 0.0794 e. The highest BCUT2D eigenvalue weighted by Crippen LogP contribution is 2.22. The van der Waals surface area contributed by atoms with Crippen LogP contribution in [0, 0.1) is 5.41 Å². The van der Waals surface area contributed by atoms with Gasteiger partial charge >= 0.3 is 0 Å². The lowest BCUT2D eigenvalue weighted by atomic mass is 9.85. The molecule has 90 valence electrons. The minimum Gasteiger partial charge on any atom is -0.311 e. The lowest BCUT2D eigenvalue weighted by molar-refractivity contribution is 0.130. The third-order valence-corrected chi connectivity index (χ3v) is 3.93. The number of piperazine rings is 1. The fourth-order valence-corrected chi connectivity index (χ4v) is 2.71. The van der Waals surface area contributed by atoms with E-state index in [4.69, 9.17) is 0 Å². The molecule has 2 heterocycles. The van der Waals surface area contributed by atoms with Crippen molar-refractivity contribution >= 4 is 11.3 Å². The first-order valence-electron chi connectivity index (χ1n) is 5.89. The fourth-order valence-electron chi connectivity index (χ4n) is 2.08. The predicted octanol–water partition coefficient (Wildman–Crippen LogP) is 1.96. The molecule has 0 aromatic carbocycles. The van der Waals surface area contributed by atoms with Crippen LogP contribution in [0.15, 0.2) is 11.7 Å². The molecule has 16 heavy (non-hydrogen) atoms. The van der Waals surface area contributed by atoms with Crippen molar-refractivity contribution < 1.29 is 0 Å². The Balaban J connectivity index is 1.92. The second kappa shape index (κ2) is 4.82. The zero-order valence-electron chi connectivity index (χ0n) is 10.4. The van der Waals surface area contributed by atoms with E-state index in [2.05, 4.69) is 36.0 Å². The third-order valence-electron chi connectivity index (χ3n) is 3.17. The third kappa shape index (κ3) is 3.03. The van der Waals surface area contributed by atoms with Crippen LogP contribution in [0.5, 0.6) is 0 Å². The molecule has 0 spiro atoms. The molecule has 0 amide bonds. The van der Waals surface area contributed by atoms with Crippen LogP contribution in [-0.2, 0) is 6.54 Å².